The van der Waals surface area contributed by atoms with Crippen LogP contribution in [0.2, 0.25) is 0 Å². The molecule has 0 heterocycles. The van der Waals surface area contributed by atoms with E-state index in [1.807, 2.05) is 13.8 Å². The number of hydrogen-bond acceptors (Lipinski definition) is 2. The third-order valence-corrected chi connectivity index (χ3v) is 1.87. The maximum Gasteiger partial charge on any atom is 0.150 e. The van der Waals surface area contributed by atoms with Gasteiger partial charge in [0.15, 0.2) is 5.78 Å². The van der Waals surface area contributed by atoms with E-state index >= 15 is 0 Å². The third-order valence-electron chi connectivity index (χ3n) is 1.87. The number of hydrogen-bond donors (Lipinski definition) is 0. The first-order valence-electron chi connectivity index (χ1n) is 3.86. The summed E-state index contributed by atoms with van der Waals surface area (Å²) in [6.45, 7) is 3.64. The first kappa shape index (κ1) is 8.18. The van der Waals surface area contributed by atoms with Crippen LogP contribution in [0.3, 0.4) is 0 Å². The van der Waals surface area contributed by atoms with Crippen LogP contribution in [0.4, 0.5) is 0 Å². The summed E-state index contributed by atoms with van der Waals surface area (Å²) in [5.74, 6) is -0.380. The van der Waals surface area contributed by atoms with Gasteiger partial charge in [0.1, 0.15) is 5.78 Å². The molecule has 0 amide bonds. The molecule has 0 aliphatic heterocycles. The summed E-state index contributed by atoms with van der Waals surface area (Å²) >= 11 is 0. The molecule has 0 aromatic rings. The second-order valence-corrected chi connectivity index (χ2v) is 3.13. The van der Waals surface area contributed by atoms with Gasteiger partial charge in [-0.2, -0.15) is 0 Å². The van der Waals surface area contributed by atoms with Crippen LogP contribution in [0, 0.1) is 11.8 Å². The molecule has 2 heteroatoms. The zero-order chi connectivity index (χ0) is 8.43. The molecule has 1 rings (SSSR count). The second-order valence-electron chi connectivity index (χ2n) is 3.13. The van der Waals surface area contributed by atoms with Crippen LogP contribution >= 0.6 is 0 Å². The lowest BCUT2D eigenvalue weighted by Gasteiger charge is -2.07. The van der Waals surface area contributed by atoms with Crippen LogP contribution in [0.25, 0.3) is 0 Å². The summed E-state index contributed by atoms with van der Waals surface area (Å²) in [6, 6.07) is 0. The molecule has 1 atom stereocenters. The normalized spacial score (nSPS) is 23.2. The largest absolute Gasteiger partial charge is 0.298 e. The topological polar surface area (TPSA) is 34.1 Å². The van der Waals surface area contributed by atoms with Crippen LogP contribution in [-0.4, -0.2) is 11.6 Å². The highest BCUT2D eigenvalue weighted by Gasteiger charge is 2.27. The van der Waals surface area contributed by atoms with Gasteiger partial charge in [0.05, 0.1) is 5.92 Å². The Balaban J connectivity index is 2.67. The van der Waals surface area contributed by atoms with Gasteiger partial charge >= 0.3 is 0 Å². The molecular formula is C9H12O2. The van der Waals surface area contributed by atoms with Crippen molar-refractivity contribution in [2.45, 2.75) is 20.3 Å². The zero-order valence-corrected chi connectivity index (χ0v) is 6.83. The van der Waals surface area contributed by atoms with Gasteiger partial charge in [-0.15, -0.1) is 0 Å². The van der Waals surface area contributed by atoms with Crippen molar-refractivity contribution in [3.8, 4) is 0 Å². The fraction of sp³-hybridized carbons (Fsp3) is 0.556. The van der Waals surface area contributed by atoms with E-state index in [-0.39, 0.29) is 17.5 Å². The highest BCUT2D eigenvalue weighted by Crippen LogP contribution is 2.17. The SMILES string of the molecule is CC(C)C(=O)C1C=CCC1=O. The van der Waals surface area contributed by atoms with Gasteiger partial charge in [-0.1, -0.05) is 26.0 Å². The summed E-state index contributed by atoms with van der Waals surface area (Å²) < 4.78 is 0. The van der Waals surface area contributed by atoms with Crippen molar-refractivity contribution in [1.82, 2.24) is 0 Å². The molecular weight excluding hydrogens is 140 g/mol. The molecule has 2 nitrogen and oxygen atoms in total. The highest BCUT2D eigenvalue weighted by atomic mass is 16.2. The summed E-state index contributed by atoms with van der Waals surface area (Å²) in [6.07, 6.45) is 3.92. The number of rotatable bonds is 2. The molecule has 1 aliphatic carbocycles. The average molecular weight is 152 g/mol. The molecule has 0 saturated heterocycles. The second kappa shape index (κ2) is 2.99. The fourth-order valence-electron chi connectivity index (χ4n) is 1.17. The van der Waals surface area contributed by atoms with Crippen molar-refractivity contribution in [2.75, 3.05) is 0 Å². The van der Waals surface area contributed by atoms with E-state index in [1.165, 1.54) is 0 Å². The highest BCUT2D eigenvalue weighted by molar-refractivity contribution is 6.06. The predicted octanol–water partition coefficient (Wildman–Crippen LogP) is 1.36. The number of carbonyl (C=O) groups excluding carboxylic acids is 2. The molecule has 0 saturated carbocycles. The van der Waals surface area contributed by atoms with E-state index in [2.05, 4.69) is 0 Å². The Kier molecular flexibility index (Phi) is 2.22. The molecule has 1 unspecified atom stereocenters. The van der Waals surface area contributed by atoms with Crippen molar-refractivity contribution in [3.63, 3.8) is 0 Å². The molecule has 0 aromatic carbocycles. The average Bonchev–Trinajstić information content (AvgIpc) is 2.33. The van der Waals surface area contributed by atoms with Crippen molar-refractivity contribution in [3.05, 3.63) is 12.2 Å². The minimum absolute atomic E-state index is 0.0355. The lowest BCUT2D eigenvalue weighted by molar-refractivity contribution is -0.131. The minimum Gasteiger partial charge on any atom is -0.298 e. The maximum absolute atomic E-state index is 11.3. The van der Waals surface area contributed by atoms with Crippen molar-refractivity contribution in [1.29, 1.82) is 0 Å². The molecule has 0 spiro atoms. The van der Waals surface area contributed by atoms with E-state index in [4.69, 9.17) is 0 Å². The van der Waals surface area contributed by atoms with Gasteiger partial charge in [-0.05, 0) is 0 Å². The number of ketones is 2. The van der Waals surface area contributed by atoms with Crippen LogP contribution in [-0.2, 0) is 9.59 Å². The van der Waals surface area contributed by atoms with Crippen LogP contribution < -0.4 is 0 Å². The molecule has 60 valence electrons. The third kappa shape index (κ3) is 1.56. The standard InChI is InChI=1S/C9H12O2/c1-6(2)9(11)7-4-3-5-8(7)10/h3-4,6-7H,5H2,1-2H3. The summed E-state index contributed by atoms with van der Waals surface area (Å²) in [4.78, 5) is 22.3. The van der Waals surface area contributed by atoms with Gasteiger partial charge in [0, 0.05) is 12.3 Å². The first-order valence-corrected chi connectivity index (χ1v) is 3.86. The fourth-order valence-corrected chi connectivity index (χ4v) is 1.17. The monoisotopic (exact) mass is 152 g/mol. The van der Waals surface area contributed by atoms with E-state index in [1.54, 1.807) is 12.2 Å². The van der Waals surface area contributed by atoms with Gasteiger partial charge in [-0.3, -0.25) is 9.59 Å². The molecule has 0 radical (unpaired) electrons. The van der Waals surface area contributed by atoms with Crippen LogP contribution in [0.15, 0.2) is 12.2 Å². The van der Waals surface area contributed by atoms with Gasteiger partial charge < -0.3 is 0 Å². The quantitative estimate of drug-likeness (QED) is 0.442. The summed E-state index contributed by atoms with van der Waals surface area (Å²) in [7, 11) is 0. The Bertz CT molecular complexity index is 214. The minimum atomic E-state index is -0.435. The molecule has 0 bridgehead atoms. The van der Waals surface area contributed by atoms with E-state index in [0.29, 0.717) is 6.42 Å². The molecule has 0 fully saturated rings. The van der Waals surface area contributed by atoms with E-state index in [9.17, 15) is 9.59 Å². The summed E-state index contributed by atoms with van der Waals surface area (Å²) in [5, 5.41) is 0. The Morgan fingerprint density at radius 2 is 2.27 bits per heavy atom. The van der Waals surface area contributed by atoms with Gasteiger partial charge in [0.25, 0.3) is 0 Å². The molecule has 11 heavy (non-hydrogen) atoms. The van der Waals surface area contributed by atoms with E-state index in [0.717, 1.165) is 0 Å². The first-order chi connectivity index (χ1) is 5.13. The van der Waals surface area contributed by atoms with Crippen molar-refractivity contribution < 1.29 is 9.59 Å². The van der Waals surface area contributed by atoms with Crippen LogP contribution in [0.1, 0.15) is 20.3 Å². The zero-order valence-electron chi connectivity index (χ0n) is 6.83. The number of carbonyl (C=O) groups is 2. The Morgan fingerprint density at radius 3 is 2.64 bits per heavy atom. The van der Waals surface area contributed by atoms with Gasteiger partial charge in [-0.25, -0.2) is 0 Å². The molecule has 1 aliphatic rings. The molecule has 0 aromatic heterocycles. The Morgan fingerprint density at radius 1 is 1.64 bits per heavy atom. The molecule has 0 N–H and O–H groups in total. The lowest BCUT2D eigenvalue weighted by Crippen LogP contribution is -2.22. The maximum atomic E-state index is 11.3. The van der Waals surface area contributed by atoms with E-state index < -0.39 is 5.92 Å². The van der Waals surface area contributed by atoms with Gasteiger partial charge in [0.2, 0.25) is 0 Å². The smallest absolute Gasteiger partial charge is 0.150 e. The van der Waals surface area contributed by atoms with Crippen molar-refractivity contribution in [2.24, 2.45) is 11.8 Å². The Labute approximate surface area is 66.3 Å². The predicted molar refractivity (Wildman–Crippen MR) is 42.1 cm³/mol. The number of Topliss-reactive ketones (excluding diaryl/α,β-unsaturated/α-hetero) is 2. The number of allylic oxidation sites excluding steroid dienone is 2. The Hall–Kier alpha value is -0.920. The van der Waals surface area contributed by atoms with Crippen LogP contribution in [0.5, 0.6) is 0 Å². The lowest BCUT2D eigenvalue weighted by atomic mass is 9.94. The van der Waals surface area contributed by atoms with Crippen molar-refractivity contribution >= 4 is 11.6 Å². The summed E-state index contributed by atoms with van der Waals surface area (Å²) in [5.41, 5.74) is 0.